The zero-order chi connectivity index (χ0) is 17.5. The van der Waals surface area contributed by atoms with Crippen LogP contribution in [0.5, 0.6) is 0 Å². The maximum absolute atomic E-state index is 4.45. The molecule has 1 fully saturated rings. The van der Waals surface area contributed by atoms with Crippen LogP contribution >= 0.6 is 24.0 Å². The van der Waals surface area contributed by atoms with Crippen LogP contribution in [-0.2, 0) is 13.0 Å². The van der Waals surface area contributed by atoms with Gasteiger partial charge in [0.25, 0.3) is 0 Å². The number of aliphatic imine (C=N–C) groups is 1. The lowest BCUT2D eigenvalue weighted by Crippen LogP contribution is -2.55. The molecule has 0 aromatic heterocycles. The average Bonchev–Trinajstić information content (AvgIpc) is 2.59. The van der Waals surface area contributed by atoms with Crippen molar-refractivity contribution in [2.24, 2.45) is 4.99 Å². The van der Waals surface area contributed by atoms with Crippen LogP contribution in [0, 0.1) is 0 Å². The molecule has 2 rings (SSSR count). The van der Waals surface area contributed by atoms with E-state index in [-0.39, 0.29) is 24.0 Å². The first-order valence-electron chi connectivity index (χ1n) is 8.91. The van der Waals surface area contributed by atoms with Crippen molar-refractivity contribution in [3.05, 3.63) is 35.4 Å². The molecule has 1 atom stereocenters. The van der Waals surface area contributed by atoms with E-state index in [0.717, 1.165) is 45.1 Å². The molecule has 1 heterocycles. The summed E-state index contributed by atoms with van der Waals surface area (Å²) in [6.45, 7) is 7.35. The Balaban J connectivity index is 0.00000312. The SMILES string of the molecule is CCc1ccc(CN(C)C(=NC)NCC2CN(C)CCN2C)cc1.I. The summed E-state index contributed by atoms with van der Waals surface area (Å²) >= 11 is 0. The third-order valence-electron chi connectivity index (χ3n) is 4.90. The lowest BCUT2D eigenvalue weighted by molar-refractivity contribution is 0.116. The van der Waals surface area contributed by atoms with Gasteiger partial charge in [-0.25, -0.2) is 0 Å². The summed E-state index contributed by atoms with van der Waals surface area (Å²) in [5, 5.41) is 3.54. The Morgan fingerprint density at radius 2 is 1.84 bits per heavy atom. The number of nitrogens with zero attached hydrogens (tertiary/aromatic N) is 4. The summed E-state index contributed by atoms with van der Waals surface area (Å²) in [5.41, 5.74) is 2.69. The fourth-order valence-corrected chi connectivity index (χ4v) is 3.14. The van der Waals surface area contributed by atoms with Crippen molar-refractivity contribution < 1.29 is 0 Å². The third-order valence-corrected chi connectivity index (χ3v) is 4.90. The molecule has 0 saturated carbocycles. The number of aryl methyl sites for hydroxylation is 1. The Hall–Kier alpha value is -0.860. The summed E-state index contributed by atoms with van der Waals surface area (Å²) in [5.74, 6) is 0.955. The fourth-order valence-electron chi connectivity index (χ4n) is 3.14. The van der Waals surface area contributed by atoms with E-state index in [1.54, 1.807) is 0 Å². The number of hydrogen-bond acceptors (Lipinski definition) is 3. The molecule has 0 aliphatic carbocycles. The Morgan fingerprint density at radius 1 is 1.20 bits per heavy atom. The van der Waals surface area contributed by atoms with E-state index >= 15 is 0 Å². The predicted molar refractivity (Wildman–Crippen MR) is 118 cm³/mol. The number of halogens is 1. The van der Waals surface area contributed by atoms with Gasteiger partial charge in [0.05, 0.1) is 0 Å². The molecule has 0 radical (unpaired) electrons. The quantitative estimate of drug-likeness (QED) is 0.416. The number of piperazine rings is 1. The molecule has 1 aliphatic rings. The maximum atomic E-state index is 4.45. The molecule has 1 aromatic rings. The standard InChI is InChI=1S/C19H33N5.HI/c1-6-16-7-9-17(10-8-16)14-24(5)19(20-2)21-13-18-15-22(3)11-12-23(18)4;/h7-10,18H,6,11-15H2,1-5H3,(H,20,21);1H. The number of rotatable bonds is 5. The molecule has 25 heavy (non-hydrogen) atoms. The Kier molecular flexibility index (Phi) is 9.74. The largest absolute Gasteiger partial charge is 0.355 e. The van der Waals surface area contributed by atoms with Crippen molar-refractivity contribution in [1.29, 1.82) is 0 Å². The van der Waals surface area contributed by atoms with Crippen LogP contribution in [-0.4, -0.2) is 81.1 Å². The van der Waals surface area contributed by atoms with Gasteiger partial charge in [-0.05, 0) is 31.6 Å². The van der Waals surface area contributed by atoms with Gasteiger partial charge in [-0.1, -0.05) is 31.2 Å². The Morgan fingerprint density at radius 3 is 2.44 bits per heavy atom. The van der Waals surface area contributed by atoms with Crippen LogP contribution in [0.1, 0.15) is 18.1 Å². The molecule has 142 valence electrons. The molecule has 1 N–H and O–H groups in total. The van der Waals surface area contributed by atoms with Gasteiger partial charge in [-0.3, -0.25) is 9.89 Å². The van der Waals surface area contributed by atoms with E-state index in [1.807, 2.05) is 7.05 Å². The second-order valence-electron chi connectivity index (χ2n) is 6.85. The van der Waals surface area contributed by atoms with E-state index in [9.17, 15) is 0 Å². The van der Waals surface area contributed by atoms with E-state index in [0.29, 0.717) is 6.04 Å². The lowest BCUT2D eigenvalue weighted by atomic mass is 10.1. The first-order valence-corrected chi connectivity index (χ1v) is 8.91. The van der Waals surface area contributed by atoms with Gasteiger partial charge in [0, 0.05) is 52.9 Å². The van der Waals surface area contributed by atoms with Crippen LogP contribution in [0.3, 0.4) is 0 Å². The van der Waals surface area contributed by atoms with Gasteiger partial charge in [-0.2, -0.15) is 0 Å². The second-order valence-corrected chi connectivity index (χ2v) is 6.85. The topological polar surface area (TPSA) is 34.1 Å². The highest BCUT2D eigenvalue weighted by Gasteiger charge is 2.22. The van der Waals surface area contributed by atoms with Crippen molar-refractivity contribution in [3.8, 4) is 0 Å². The highest BCUT2D eigenvalue weighted by Crippen LogP contribution is 2.08. The number of likely N-dealkylation sites (N-methyl/N-ethyl adjacent to an activating group) is 2. The minimum absolute atomic E-state index is 0. The lowest BCUT2D eigenvalue weighted by Gasteiger charge is -2.38. The Bertz CT molecular complexity index is 531. The summed E-state index contributed by atoms with van der Waals surface area (Å²) < 4.78 is 0. The molecule has 5 nitrogen and oxygen atoms in total. The van der Waals surface area contributed by atoms with Gasteiger partial charge in [0.15, 0.2) is 5.96 Å². The first-order chi connectivity index (χ1) is 11.5. The zero-order valence-electron chi connectivity index (χ0n) is 16.3. The Labute approximate surface area is 170 Å². The van der Waals surface area contributed by atoms with Crippen molar-refractivity contribution in [1.82, 2.24) is 20.0 Å². The summed E-state index contributed by atoms with van der Waals surface area (Å²) in [7, 11) is 8.36. The molecule has 0 amide bonds. The highest BCUT2D eigenvalue weighted by molar-refractivity contribution is 14.0. The monoisotopic (exact) mass is 459 g/mol. The van der Waals surface area contributed by atoms with Crippen LogP contribution in [0.25, 0.3) is 0 Å². The molecule has 1 unspecified atom stereocenters. The van der Waals surface area contributed by atoms with Crippen LogP contribution in [0.4, 0.5) is 0 Å². The number of benzene rings is 1. The van der Waals surface area contributed by atoms with Gasteiger partial charge in [0.2, 0.25) is 0 Å². The summed E-state index contributed by atoms with van der Waals surface area (Å²) in [6.07, 6.45) is 1.09. The van der Waals surface area contributed by atoms with E-state index in [2.05, 4.69) is 77.3 Å². The minimum Gasteiger partial charge on any atom is -0.355 e. The second kappa shape index (κ2) is 11.0. The van der Waals surface area contributed by atoms with Gasteiger partial charge in [0.1, 0.15) is 0 Å². The zero-order valence-corrected chi connectivity index (χ0v) is 18.7. The van der Waals surface area contributed by atoms with E-state index in [4.69, 9.17) is 0 Å². The number of hydrogen-bond donors (Lipinski definition) is 1. The van der Waals surface area contributed by atoms with Crippen molar-refractivity contribution >= 4 is 29.9 Å². The minimum atomic E-state index is 0. The predicted octanol–water partition coefficient (Wildman–Crippen LogP) is 2.12. The molecular weight excluding hydrogens is 425 g/mol. The number of guanidine groups is 1. The summed E-state index contributed by atoms with van der Waals surface area (Å²) in [6, 6.07) is 9.38. The van der Waals surface area contributed by atoms with Gasteiger partial charge in [-0.15, -0.1) is 24.0 Å². The van der Waals surface area contributed by atoms with Crippen LogP contribution < -0.4 is 5.32 Å². The van der Waals surface area contributed by atoms with Crippen molar-refractivity contribution in [3.63, 3.8) is 0 Å². The molecule has 0 bridgehead atoms. The first kappa shape index (κ1) is 22.2. The molecule has 1 aromatic carbocycles. The average molecular weight is 459 g/mol. The van der Waals surface area contributed by atoms with Crippen LogP contribution in [0.2, 0.25) is 0 Å². The summed E-state index contributed by atoms with van der Waals surface area (Å²) in [4.78, 5) is 11.5. The van der Waals surface area contributed by atoms with Crippen LogP contribution in [0.15, 0.2) is 29.3 Å². The van der Waals surface area contributed by atoms with Crippen molar-refractivity contribution in [2.75, 3.05) is 54.4 Å². The number of nitrogens with one attached hydrogen (secondary N) is 1. The third kappa shape index (κ3) is 6.75. The maximum Gasteiger partial charge on any atom is 0.193 e. The smallest absolute Gasteiger partial charge is 0.193 e. The van der Waals surface area contributed by atoms with E-state index < -0.39 is 0 Å². The fraction of sp³-hybridized carbons (Fsp3) is 0.632. The normalized spacial score (nSPS) is 19.4. The molecule has 0 spiro atoms. The van der Waals surface area contributed by atoms with Gasteiger partial charge < -0.3 is 15.1 Å². The highest BCUT2D eigenvalue weighted by atomic mass is 127. The molecular formula is C19H34IN5. The molecule has 6 heteroatoms. The molecule has 1 aliphatic heterocycles. The van der Waals surface area contributed by atoms with Gasteiger partial charge >= 0.3 is 0 Å². The van der Waals surface area contributed by atoms with E-state index in [1.165, 1.54) is 11.1 Å². The van der Waals surface area contributed by atoms with Crippen molar-refractivity contribution in [2.45, 2.75) is 25.9 Å². The molecule has 1 saturated heterocycles.